The fraction of sp³-hybridized carbons (Fsp3) is 0.190. The molecule has 0 fully saturated rings. The van der Waals surface area contributed by atoms with Gasteiger partial charge in [0, 0.05) is 24.0 Å². The lowest BCUT2D eigenvalue weighted by Crippen LogP contribution is -2.23. The van der Waals surface area contributed by atoms with E-state index in [4.69, 9.17) is 5.26 Å². The van der Waals surface area contributed by atoms with Crippen molar-refractivity contribution in [2.45, 2.75) is 19.9 Å². The summed E-state index contributed by atoms with van der Waals surface area (Å²) < 4.78 is 2.07. The molecule has 3 aromatic rings. The minimum atomic E-state index is -0.0690. The molecule has 0 spiro atoms. The van der Waals surface area contributed by atoms with Gasteiger partial charge < -0.3 is 9.88 Å². The summed E-state index contributed by atoms with van der Waals surface area (Å²) in [5.74, 6) is -0.0690. The minimum absolute atomic E-state index is 0.0690. The monoisotopic (exact) mass is 340 g/mol. The zero-order chi connectivity index (χ0) is 18.3. The van der Waals surface area contributed by atoms with E-state index in [0.717, 1.165) is 40.6 Å². The second kappa shape index (κ2) is 6.06. The smallest absolute Gasteiger partial charge is 0.268 e. The van der Waals surface area contributed by atoms with Crippen LogP contribution in [-0.2, 0) is 6.54 Å². The van der Waals surface area contributed by atoms with Gasteiger partial charge >= 0.3 is 0 Å². The molecule has 0 saturated heterocycles. The Hall–Kier alpha value is -3.57. The summed E-state index contributed by atoms with van der Waals surface area (Å²) >= 11 is 0. The second-order valence-corrected chi connectivity index (χ2v) is 6.46. The molecule has 1 aliphatic heterocycles. The first-order valence-electron chi connectivity index (χ1n) is 8.49. The first-order chi connectivity index (χ1) is 12.6. The lowest BCUT2D eigenvalue weighted by molar-refractivity contribution is 0.0951. The number of aromatic nitrogens is 1. The number of carbonyl (C=O) groups excluding carboxylic acids is 1. The Kier molecular flexibility index (Phi) is 3.71. The third-order valence-electron chi connectivity index (χ3n) is 4.92. The van der Waals surface area contributed by atoms with Gasteiger partial charge in [0.15, 0.2) is 0 Å². The number of hydrogen-bond donors (Lipinski definition) is 1. The van der Waals surface area contributed by atoms with Gasteiger partial charge in [0.1, 0.15) is 5.69 Å². The Labute approximate surface area is 151 Å². The van der Waals surface area contributed by atoms with Crippen LogP contribution in [-0.4, -0.2) is 17.0 Å². The number of hydrogen-bond acceptors (Lipinski definition) is 3. The number of carbonyl (C=O) groups is 1. The number of rotatable bonds is 1. The van der Waals surface area contributed by atoms with Crippen LogP contribution < -0.4 is 5.32 Å². The van der Waals surface area contributed by atoms with Crippen LogP contribution in [0.15, 0.2) is 36.4 Å². The third-order valence-corrected chi connectivity index (χ3v) is 4.92. The van der Waals surface area contributed by atoms with Crippen molar-refractivity contribution >= 4 is 16.8 Å². The third kappa shape index (κ3) is 2.34. The number of nitrogens with zero attached hydrogens (tertiary/aromatic N) is 3. The van der Waals surface area contributed by atoms with Gasteiger partial charge in [-0.15, -0.1) is 0 Å². The van der Waals surface area contributed by atoms with Gasteiger partial charge in [-0.3, -0.25) is 4.79 Å². The molecular formula is C21H16N4O. The molecule has 0 atom stereocenters. The van der Waals surface area contributed by atoms with Crippen LogP contribution in [0.5, 0.6) is 0 Å². The predicted octanol–water partition coefficient (Wildman–Crippen LogP) is 3.49. The van der Waals surface area contributed by atoms with Crippen LogP contribution in [0, 0.1) is 29.6 Å². The van der Waals surface area contributed by atoms with Gasteiger partial charge in [-0.25, -0.2) is 0 Å². The van der Waals surface area contributed by atoms with Gasteiger partial charge in [-0.2, -0.15) is 10.5 Å². The zero-order valence-electron chi connectivity index (χ0n) is 14.3. The van der Waals surface area contributed by atoms with Gasteiger partial charge in [-0.1, -0.05) is 12.1 Å². The zero-order valence-corrected chi connectivity index (χ0v) is 14.3. The number of fused-ring (bicyclic) bond motifs is 3. The Morgan fingerprint density at radius 2 is 1.81 bits per heavy atom. The highest BCUT2D eigenvalue weighted by molar-refractivity contribution is 6.06. The molecule has 5 heteroatoms. The van der Waals surface area contributed by atoms with E-state index in [0.29, 0.717) is 23.4 Å². The molecule has 0 bridgehead atoms. The summed E-state index contributed by atoms with van der Waals surface area (Å²) in [4.78, 5) is 12.5. The van der Waals surface area contributed by atoms with Gasteiger partial charge in [0.05, 0.1) is 28.8 Å². The van der Waals surface area contributed by atoms with Crippen LogP contribution in [0.25, 0.3) is 22.0 Å². The Morgan fingerprint density at radius 3 is 2.50 bits per heavy atom. The molecule has 1 N–H and O–H groups in total. The lowest BCUT2D eigenvalue weighted by atomic mass is 9.98. The maximum atomic E-state index is 12.5. The number of nitriles is 2. The molecule has 0 radical (unpaired) electrons. The van der Waals surface area contributed by atoms with Crippen molar-refractivity contribution in [2.75, 3.05) is 6.54 Å². The highest BCUT2D eigenvalue weighted by Gasteiger charge is 2.24. The molecule has 126 valence electrons. The largest absolute Gasteiger partial charge is 0.351 e. The van der Waals surface area contributed by atoms with E-state index in [9.17, 15) is 10.1 Å². The Morgan fingerprint density at radius 1 is 1.08 bits per heavy atom. The van der Waals surface area contributed by atoms with E-state index in [-0.39, 0.29) is 5.91 Å². The topological polar surface area (TPSA) is 81.6 Å². The van der Waals surface area contributed by atoms with Crippen molar-refractivity contribution < 1.29 is 4.79 Å². The van der Waals surface area contributed by atoms with Crippen LogP contribution in [0.3, 0.4) is 0 Å². The average molecular weight is 340 g/mol. The van der Waals surface area contributed by atoms with E-state index in [2.05, 4.69) is 22.0 Å². The van der Waals surface area contributed by atoms with Gasteiger partial charge in [-0.05, 0) is 48.7 Å². The van der Waals surface area contributed by atoms with Crippen molar-refractivity contribution in [2.24, 2.45) is 0 Å². The normalized spacial score (nSPS) is 13.4. The molecule has 2 aromatic carbocycles. The van der Waals surface area contributed by atoms with E-state index in [1.165, 1.54) is 0 Å². The number of benzene rings is 2. The molecule has 0 unspecified atom stereocenters. The minimum Gasteiger partial charge on any atom is -0.351 e. The van der Waals surface area contributed by atoms with Gasteiger partial charge in [0.2, 0.25) is 0 Å². The Bertz CT molecular complexity index is 1120. The molecule has 1 amide bonds. The van der Waals surface area contributed by atoms with E-state index in [1.807, 2.05) is 31.2 Å². The van der Waals surface area contributed by atoms with E-state index >= 15 is 0 Å². The summed E-state index contributed by atoms with van der Waals surface area (Å²) in [5, 5.41) is 22.4. The summed E-state index contributed by atoms with van der Waals surface area (Å²) in [6, 6.07) is 15.4. The van der Waals surface area contributed by atoms with E-state index in [1.54, 1.807) is 12.1 Å². The number of aryl methyl sites for hydroxylation is 2. The molecule has 2 heterocycles. The van der Waals surface area contributed by atoms with Crippen molar-refractivity contribution in [1.29, 1.82) is 10.5 Å². The van der Waals surface area contributed by atoms with Crippen molar-refractivity contribution in [3.63, 3.8) is 0 Å². The highest BCUT2D eigenvalue weighted by Crippen LogP contribution is 2.36. The maximum absolute atomic E-state index is 12.5. The highest BCUT2D eigenvalue weighted by atomic mass is 16.2. The number of amides is 1. The summed E-state index contributed by atoms with van der Waals surface area (Å²) in [6.07, 6.45) is 0.856. The molecule has 0 saturated carbocycles. The van der Waals surface area contributed by atoms with E-state index < -0.39 is 0 Å². The van der Waals surface area contributed by atoms with Crippen LogP contribution >= 0.6 is 0 Å². The fourth-order valence-electron chi connectivity index (χ4n) is 3.70. The number of nitrogens with one attached hydrogen (secondary N) is 1. The quantitative estimate of drug-likeness (QED) is 0.736. The molecule has 1 aromatic heterocycles. The average Bonchev–Trinajstić information content (AvgIpc) is 2.82. The summed E-state index contributed by atoms with van der Waals surface area (Å²) in [6.45, 7) is 3.33. The van der Waals surface area contributed by atoms with Crippen LogP contribution in [0.4, 0.5) is 0 Å². The molecule has 4 rings (SSSR count). The SMILES string of the molecule is Cc1c2n(c3c(-c4ccc(C#N)cc4)cc(C#N)cc13)CCCNC2=O. The molecule has 0 aliphatic carbocycles. The molecule has 26 heavy (non-hydrogen) atoms. The summed E-state index contributed by atoms with van der Waals surface area (Å²) in [7, 11) is 0. The van der Waals surface area contributed by atoms with Gasteiger partial charge in [0.25, 0.3) is 5.91 Å². The lowest BCUT2D eigenvalue weighted by Gasteiger charge is -2.11. The Balaban J connectivity index is 2.09. The second-order valence-electron chi connectivity index (χ2n) is 6.46. The maximum Gasteiger partial charge on any atom is 0.268 e. The molecule has 5 nitrogen and oxygen atoms in total. The predicted molar refractivity (Wildman–Crippen MR) is 98.5 cm³/mol. The van der Waals surface area contributed by atoms with Crippen molar-refractivity contribution in [3.8, 4) is 23.3 Å². The first-order valence-corrected chi connectivity index (χ1v) is 8.49. The van der Waals surface area contributed by atoms with Crippen LogP contribution in [0.1, 0.15) is 33.6 Å². The van der Waals surface area contributed by atoms with Crippen LogP contribution in [0.2, 0.25) is 0 Å². The summed E-state index contributed by atoms with van der Waals surface area (Å²) in [5.41, 5.74) is 5.52. The standard InChI is InChI=1S/C21H16N4O/c1-13-17-9-15(12-23)10-18(16-5-3-14(11-22)4-6-16)20(17)25-8-2-7-24-21(26)19(13)25/h3-6,9-10H,2,7-8H2,1H3,(H,24,26). The first kappa shape index (κ1) is 15.9. The molecule has 1 aliphatic rings. The molecular weight excluding hydrogens is 324 g/mol. The van der Waals surface area contributed by atoms with Crippen molar-refractivity contribution in [3.05, 3.63) is 58.8 Å². The van der Waals surface area contributed by atoms with Crippen molar-refractivity contribution in [1.82, 2.24) is 9.88 Å². The fourth-order valence-corrected chi connectivity index (χ4v) is 3.70.